The molecule has 4 N–H and O–H groups in total. The van der Waals surface area contributed by atoms with E-state index in [1.807, 2.05) is 0 Å². The van der Waals surface area contributed by atoms with E-state index in [0.29, 0.717) is 0 Å². The number of hydrogen-bond donors (Lipinski definition) is 3. The average molecular weight is 552 g/mol. The number of pyridine rings is 1. The van der Waals surface area contributed by atoms with E-state index in [-0.39, 0.29) is 28.2 Å². The van der Waals surface area contributed by atoms with E-state index in [1.54, 1.807) is 6.07 Å². The van der Waals surface area contributed by atoms with Gasteiger partial charge in [0, 0.05) is 23.5 Å². The number of amides is 2. The van der Waals surface area contributed by atoms with Crippen molar-refractivity contribution in [1.29, 1.82) is 5.26 Å². The topological polar surface area (TPSA) is 156 Å². The highest BCUT2D eigenvalue weighted by Gasteiger charge is 2.65. The first kappa shape index (κ1) is 27.7. The number of anilines is 1. The highest BCUT2D eigenvalue weighted by molar-refractivity contribution is 6.04. The van der Waals surface area contributed by atoms with Crippen LogP contribution in [0.15, 0.2) is 18.2 Å². The summed E-state index contributed by atoms with van der Waals surface area (Å²) in [4.78, 5) is 34.9. The largest absolute Gasteiger partial charge is 0.493 e. The molecule has 39 heavy (non-hydrogen) atoms. The van der Waals surface area contributed by atoms with Crippen LogP contribution in [0.25, 0.3) is 11.0 Å². The van der Waals surface area contributed by atoms with Gasteiger partial charge in [-0.05, 0) is 13.0 Å². The van der Waals surface area contributed by atoms with Crippen LogP contribution < -0.4 is 15.8 Å². The zero-order valence-corrected chi connectivity index (χ0v) is 20.6. The number of nitrogens with one attached hydrogen (secondary N) is 2. The Hall–Kier alpha value is -4.32. The molecule has 0 radical (unpaired) electrons. The minimum absolute atomic E-state index is 0.0499. The number of carbonyl (C=O) groups excluding carboxylic acids is 2. The number of H-pyrrole nitrogens is 1. The number of aromatic nitrogens is 3. The number of carbonyl (C=O) groups is 2. The van der Waals surface area contributed by atoms with Gasteiger partial charge in [0.25, 0.3) is 5.91 Å². The van der Waals surface area contributed by atoms with E-state index in [4.69, 9.17) is 20.5 Å². The summed E-state index contributed by atoms with van der Waals surface area (Å²) in [6.07, 6.45) is -6.91. The van der Waals surface area contributed by atoms with Gasteiger partial charge >= 0.3 is 6.18 Å². The number of fused-ring (bicyclic) bond motifs is 1. The maximum Gasteiger partial charge on any atom is 0.417 e. The number of nitrogens with two attached hydrogens (primary N) is 1. The first-order valence-electron chi connectivity index (χ1n) is 11.4. The summed E-state index contributed by atoms with van der Waals surface area (Å²) in [7, 11) is 1.05. The SMILES string of the molecule is COc1c([C@H]2[C@H](c3nc4c(C(N)=O)nc(NC(=O)CC#N)cc4[nH]3)O[C@@](C)(C(F)(F)F)[C@H]2C)ccc(F)c1F. The third-order valence-electron chi connectivity index (χ3n) is 6.81. The predicted molar refractivity (Wildman–Crippen MR) is 124 cm³/mol. The Kier molecular flexibility index (Phi) is 6.94. The number of rotatable bonds is 6. The second kappa shape index (κ2) is 9.77. The van der Waals surface area contributed by atoms with Crippen LogP contribution in [0.4, 0.5) is 27.8 Å². The van der Waals surface area contributed by atoms with Gasteiger partial charge in [0.15, 0.2) is 22.9 Å². The highest BCUT2D eigenvalue weighted by Crippen LogP contribution is 2.59. The normalized spacial score (nSPS) is 23.0. The molecule has 1 aliphatic heterocycles. The van der Waals surface area contributed by atoms with E-state index in [1.165, 1.54) is 13.0 Å². The van der Waals surface area contributed by atoms with Gasteiger partial charge in [0.1, 0.15) is 29.7 Å². The number of methoxy groups -OCH3 is 1. The van der Waals surface area contributed by atoms with Crippen molar-refractivity contribution in [2.75, 3.05) is 12.4 Å². The molecule has 1 aromatic carbocycles. The van der Waals surface area contributed by atoms with Crippen LogP contribution in [0, 0.1) is 28.9 Å². The fourth-order valence-electron chi connectivity index (χ4n) is 4.71. The molecule has 1 saturated heterocycles. The second-order valence-electron chi connectivity index (χ2n) is 9.06. The first-order valence-corrected chi connectivity index (χ1v) is 11.4. The molecule has 1 aliphatic rings. The fraction of sp³-hybridized carbons (Fsp3) is 0.375. The number of primary amides is 1. The molecule has 2 amide bonds. The monoisotopic (exact) mass is 552 g/mol. The fourth-order valence-corrected chi connectivity index (χ4v) is 4.71. The van der Waals surface area contributed by atoms with Crippen molar-refractivity contribution in [3.63, 3.8) is 0 Å². The Morgan fingerprint density at radius 3 is 2.59 bits per heavy atom. The van der Waals surface area contributed by atoms with Crippen LogP contribution in [0.3, 0.4) is 0 Å². The molecule has 4 atom stereocenters. The molecule has 2 aromatic heterocycles. The molecule has 0 spiro atoms. The first-order chi connectivity index (χ1) is 18.2. The van der Waals surface area contributed by atoms with Crippen LogP contribution in [-0.4, -0.2) is 45.7 Å². The minimum Gasteiger partial charge on any atom is -0.493 e. The van der Waals surface area contributed by atoms with Crippen LogP contribution in [0.2, 0.25) is 0 Å². The van der Waals surface area contributed by atoms with E-state index >= 15 is 0 Å². The molecular weight excluding hydrogens is 531 g/mol. The molecule has 1 fully saturated rings. The van der Waals surface area contributed by atoms with E-state index in [2.05, 4.69) is 20.3 Å². The number of hydrogen-bond acceptors (Lipinski definition) is 7. The number of halogens is 5. The third-order valence-corrected chi connectivity index (χ3v) is 6.81. The Morgan fingerprint density at radius 2 is 2.00 bits per heavy atom. The quantitative estimate of drug-likeness (QED) is 0.390. The minimum atomic E-state index is -4.88. The third kappa shape index (κ3) is 4.60. The van der Waals surface area contributed by atoms with Gasteiger partial charge in [-0.1, -0.05) is 13.0 Å². The smallest absolute Gasteiger partial charge is 0.417 e. The van der Waals surface area contributed by atoms with Crippen LogP contribution >= 0.6 is 0 Å². The van der Waals surface area contributed by atoms with Gasteiger partial charge in [-0.25, -0.2) is 14.4 Å². The van der Waals surface area contributed by atoms with Crippen molar-refractivity contribution >= 4 is 28.7 Å². The lowest BCUT2D eigenvalue weighted by molar-refractivity contribution is -0.275. The van der Waals surface area contributed by atoms with Gasteiger partial charge in [-0.15, -0.1) is 0 Å². The summed E-state index contributed by atoms with van der Waals surface area (Å²) >= 11 is 0. The number of nitrogens with zero attached hydrogens (tertiary/aromatic N) is 3. The zero-order chi connectivity index (χ0) is 28.9. The van der Waals surface area contributed by atoms with Gasteiger partial charge < -0.3 is 25.5 Å². The Balaban J connectivity index is 1.91. The molecule has 0 unspecified atom stereocenters. The number of alkyl halides is 3. The lowest BCUT2D eigenvalue weighted by Gasteiger charge is -2.32. The molecule has 15 heteroatoms. The molecule has 0 saturated carbocycles. The molecular formula is C24H21F5N6O4. The van der Waals surface area contributed by atoms with Crippen LogP contribution in [-0.2, 0) is 9.53 Å². The summed E-state index contributed by atoms with van der Waals surface area (Å²) in [5.41, 5.74) is 2.06. The van der Waals surface area contributed by atoms with Crippen molar-refractivity contribution in [2.45, 2.75) is 44.1 Å². The van der Waals surface area contributed by atoms with Crippen molar-refractivity contribution in [1.82, 2.24) is 15.0 Å². The predicted octanol–water partition coefficient (Wildman–Crippen LogP) is 4.01. The van der Waals surface area contributed by atoms with Crippen molar-refractivity contribution in [3.05, 3.63) is 46.9 Å². The molecule has 0 aliphatic carbocycles. The van der Waals surface area contributed by atoms with Gasteiger partial charge in [0.2, 0.25) is 11.7 Å². The molecule has 3 heterocycles. The van der Waals surface area contributed by atoms with Gasteiger partial charge in [-0.2, -0.15) is 22.8 Å². The number of aromatic amines is 1. The summed E-state index contributed by atoms with van der Waals surface area (Å²) in [6, 6.07) is 4.76. The molecule has 0 bridgehead atoms. The Labute approximate surface area is 217 Å². The summed E-state index contributed by atoms with van der Waals surface area (Å²) in [6.45, 7) is 2.08. The summed E-state index contributed by atoms with van der Waals surface area (Å²) in [5, 5.41) is 11.0. The average Bonchev–Trinajstić information content (AvgIpc) is 3.39. The summed E-state index contributed by atoms with van der Waals surface area (Å²) < 4.78 is 81.9. The number of nitriles is 1. The summed E-state index contributed by atoms with van der Waals surface area (Å²) in [5.74, 6) is -8.03. The molecule has 4 rings (SSSR count). The molecule has 3 aromatic rings. The maximum absolute atomic E-state index is 14.6. The van der Waals surface area contributed by atoms with Crippen molar-refractivity contribution < 1.29 is 41.0 Å². The van der Waals surface area contributed by atoms with Gasteiger partial charge in [-0.3, -0.25) is 9.59 Å². The van der Waals surface area contributed by atoms with E-state index in [9.17, 15) is 31.5 Å². The van der Waals surface area contributed by atoms with E-state index < -0.39 is 71.0 Å². The van der Waals surface area contributed by atoms with Crippen LogP contribution in [0.5, 0.6) is 5.75 Å². The van der Waals surface area contributed by atoms with E-state index in [0.717, 1.165) is 26.2 Å². The molecule has 10 nitrogen and oxygen atoms in total. The number of ether oxygens (including phenoxy) is 2. The van der Waals surface area contributed by atoms with Crippen molar-refractivity contribution in [2.24, 2.45) is 11.7 Å². The lowest BCUT2D eigenvalue weighted by atomic mass is 9.77. The molecule has 206 valence electrons. The number of benzene rings is 1. The zero-order valence-electron chi connectivity index (χ0n) is 20.6. The lowest BCUT2D eigenvalue weighted by Crippen LogP contribution is -2.46. The Bertz CT molecular complexity index is 1520. The van der Waals surface area contributed by atoms with Gasteiger partial charge in [0.05, 0.1) is 18.7 Å². The van der Waals surface area contributed by atoms with Crippen LogP contribution in [0.1, 0.15) is 54.2 Å². The second-order valence-corrected chi connectivity index (χ2v) is 9.06. The Morgan fingerprint density at radius 1 is 1.31 bits per heavy atom. The number of imidazole rings is 1. The maximum atomic E-state index is 14.6. The highest BCUT2D eigenvalue weighted by atomic mass is 19.4. The van der Waals surface area contributed by atoms with Crippen molar-refractivity contribution in [3.8, 4) is 11.8 Å². The standard InChI is InChI=1S/C24H21F5N6O4/c1-9-15(10-4-5-11(25)16(26)19(10)38-3)20(39-23(9,2)24(27,28)29)22-32-12-8-13(33-14(36)6-7-30)34-18(21(31)37)17(12)35-22/h4-5,8-9,15,20H,6H2,1-3H3,(H2,31,37)(H,32,35)(H,33,34,36)/t9-,15-,20+,23+/m0/s1.